The lowest BCUT2D eigenvalue weighted by Gasteiger charge is -1.99. The van der Waals surface area contributed by atoms with Crippen LogP contribution in [0.25, 0.3) is 0 Å². The van der Waals surface area contributed by atoms with E-state index in [0.29, 0.717) is 32.8 Å². The molecule has 5 nitrogen and oxygen atoms in total. The summed E-state index contributed by atoms with van der Waals surface area (Å²) in [5.74, 6) is -0.301. The molecule has 0 saturated carbocycles. The van der Waals surface area contributed by atoms with Crippen LogP contribution in [0.3, 0.4) is 0 Å². The highest BCUT2D eigenvalue weighted by Gasteiger charge is 2.08. The highest BCUT2D eigenvalue weighted by atomic mass is 16.6. The third kappa shape index (κ3) is 10.8. The Labute approximate surface area is 89.7 Å². The van der Waals surface area contributed by atoms with Crippen molar-refractivity contribution in [1.82, 2.24) is 0 Å². The molecule has 0 aromatic heterocycles. The van der Waals surface area contributed by atoms with Crippen molar-refractivity contribution >= 4 is 11.9 Å². The number of hydrogen-bond acceptors (Lipinski definition) is 5. The number of esters is 2. The van der Waals surface area contributed by atoms with Gasteiger partial charge >= 0.3 is 11.9 Å². The van der Waals surface area contributed by atoms with Gasteiger partial charge in [0.05, 0.1) is 13.2 Å². The number of hydrogen-bond donors (Lipinski definition) is 0. The lowest BCUT2D eigenvalue weighted by atomic mass is 10.4. The van der Waals surface area contributed by atoms with Crippen molar-refractivity contribution < 1.29 is 23.8 Å². The van der Waals surface area contributed by atoms with Crippen LogP contribution in [0.1, 0.15) is 26.7 Å². The number of carbonyl (C=O) groups is 2. The fourth-order valence-corrected chi connectivity index (χ4v) is 0.863. The number of rotatable bonds is 4. The molecular formula is C10H18O5. The molecule has 1 fully saturated rings. The molecule has 1 rings (SSSR count). The van der Waals surface area contributed by atoms with Gasteiger partial charge in [0.2, 0.25) is 0 Å². The maximum atomic E-state index is 10.1. The maximum Gasteiger partial charge on any atom is 0.305 e. The summed E-state index contributed by atoms with van der Waals surface area (Å²) in [5.41, 5.74) is 0. The predicted octanol–water partition coefficient (Wildman–Crippen LogP) is 0.909. The van der Waals surface area contributed by atoms with Crippen molar-refractivity contribution in [3.05, 3.63) is 0 Å². The van der Waals surface area contributed by atoms with Gasteiger partial charge in [-0.15, -0.1) is 0 Å². The number of carbonyl (C=O) groups excluding carboxylic acids is 2. The van der Waals surface area contributed by atoms with Gasteiger partial charge in [0.1, 0.15) is 6.61 Å². The first kappa shape index (κ1) is 13.9. The minimum Gasteiger partial charge on any atom is -0.466 e. The molecule has 0 aromatic carbocycles. The molecule has 1 aliphatic heterocycles. The Balaban J connectivity index is 0.000000280. The van der Waals surface area contributed by atoms with E-state index in [2.05, 4.69) is 9.47 Å². The average molecular weight is 218 g/mol. The molecule has 0 amide bonds. The molecule has 1 aliphatic rings. The fraction of sp³-hybridized carbons (Fsp3) is 0.800. The molecule has 88 valence electrons. The van der Waals surface area contributed by atoms with E-state index >= 15 is 0 Å². The topological polar surface area (TPSA) is 61.8 Å². The lowest BCUT2D eigenvalue weighted by Crippen LogP contribution is -2.06. The van der Waals surface area contributed by atoms with Crippen LogP contribution in [0.4, 0.5) is 0 Å². The SMILES string of the molecule is CCOCCOC(C)=O.O=C1CCCO1. The van der Waals surface area contributed by atoms with Crippen LogP contribution in [0, 0.1) is 0 Å². The zero-order chi connectivity index (χ0) is 11.5. The molecule has 5 heteroatoms. The van der Waals surface area contributed by atoms with Crippen LogP contribution < -0.4 is 0 Å². The highest BCUT2D eigenvalue weighted by Crippen LogP contribution is 2.01. The molecule has 1 saturated heterocycles. The highest BCUT2D eigenvalue weighted by molar-refractivity contribution is 5.70. The summed E-state index contributed by atoms with van der Waals surface area (Å²) in [5, 5.41) is 0. The lowest BCUT2D eigenvalue weighted by molar-refractivity contribution is -0.142. The van der Waals surface area contributed by atoms with Crippen molar-refractivity contribution in [3.8, 4) is 0 Å². The first-order valence-electron chi connectivity index (χ1n) is 5.03. The Kier molecular flexibility index (Phi) is 8.76. The molecule has 15 heavy (non-hydrogen) atoms. The summed E-state index contributed by atoms with van der Waals surface area (Å²) < 4.78 is 14.0. The summed E-state index contributed by atoms with van der Waals surface area (Å²) in [6.07, 6.45) is 1.54. The summed E-state index contributed by atoms with van der Waals surface area (Å²) in [6, 6.07) is 0. The zero-order valence-electron chi connectivity index (χ0n) is 9.28. The second-order valence-electron chi connectivity index (χ2n) is 2.86. The van der Waals surface area contributed by atoms with Gasteiger partial charge in [0.15, 0.2) is 0 Å². The van der Waals surface area contributed by atoms with E-state index in [1.807, 2.05) is 6.92 Å². The van der Waals surface area contributed by atoms with Crippen molar-refractivity contribution in [2.24, 2.45) is 0 Å². The molecule has 0 unspecified atom stereocenters. The van der Waals surface area contributed by atoms with E-state index in [0.717, 1.165) is 6.42 Å². The van der Waals surface area contributed by atoms with Crippen LogP contribution in [-0.4, -0.2) is 38.4 Å². The van der Waals surface area contributed by atoms with Gasteiger partial charge in [-0.1, -0.05) is 0 Å². The van der Waals surface area contributed by atoms with E-state index in [1.54, 1.807) is 0 Å². The minimum atomic E-state index is -0.255. The molecule has 0 N–H and O–H groups in total. The van der Waals surface area contributed by atoms with Crippen LogP contribution >= 0.6 is 0 Å². The van der Waals surface area contributed by atoms with E-state index in [4.69, 9.17) is 4.74 Å². The quantitative estimate of drug-likeness (QED) is 0.518. The Morgan fingerprint density at radius 1 is 1.47 bits per heavy atom. The summed E-state index contributed by atoms with van der Waals surface area (Å²) in [4.78, 5) is 20.1. The standard InChI is InChI=1S/C6H12O3.C4H6O2/c1-3-8-4-5-9-6(2)7;5-4-2-1-3-6-4/h3-5H2,1-2H3;1-3H2. The van der Waals surface area contributed by atoms with Crippen LogP contribution in [0.15, 0.2) is 0 Å². The molecular weight excluding hydrogens is 200 g/mol. The molecule has 1 heterocycles. The van der Waals surface area contributed by atoms with Gasteiger partial charge < -0.3 is 14.2 Å². The van der Waals surface area contributed by atoms with E-state index in [1.165, 1.54) is 6.92 Å². The largest absolute Gasteiger partial charge is 0.466 e. The van der Waals surface area contributed by atoms with Gasteiger partial charge in [0, 0.05) is 20.0 Å². The Morgan fingerprint density at radius 3 is 2.53 bits per heavy atom. The van der Waals surface area contributed by atoms with Gasteiger partial charge in [-0.25, -0.2) is 0 Å². The third-order valence-electron chi connectivity index (χ3n) is 1.53. The molecule has 0 bridgehead atoms. The molecule has 0 atom stereocenters. The van der Waals surface area contributed by atoms with Gasteiger partial charge in [-0.2, -0.15) is 0 Å². The number of ether oxygens (including phenoxy) is 3. The Morgan fingerprint density at radius 2 is 2.20 bits per heavy atom. The first-order valence-corrected chi connectivity index (χ1v) is 5.03. The fourth-order valence-electron chi connectivity index (χ4n) is 0.863. The summed E-state index contributed by atoms with van der Waals surface area (Å²) in [6.45, 7) is 5.44. The van der Waals surface area contributed by atoms with Crippen molar-refractivity contribution in [2.45, 2.75) is 26.7 Å². The smallest absolute Gasteiger partial charge is 0.305 e. The summed E-state index contributed by atoms with van der Waals surface area (Å²) >= 11 is 0. The van der Waals surface area contributed by atoms with E-state index in [9.17, 15) is 9.59 Å². The minimum absolute atomic E-state index is 0.0463. The zero-order valence-corrected chi connectivity index (χ0v) is 9.28. The normalized spacial score (nSPS) is 13.9. The number of cyclic esters (lactones) is 1. The van der Waals surface area contributed by atoms with Crippen LogP contribution in [-0.2, 0) is 23.8 Å². The van der Waals surface area contributed by atoms with Crippen LogP contribution in [0.5, 0.6) is 0 Å². The molecule has 0 aromatic rings. The van der Waals surface area contributed by atoms with Crippen molar-refractivity contribution in [2.75, 3.05) is 26.4 Å². The summed E-state index contributed by atoms with van der Waals surface area (Å²) in [7, 11) is 0. The van der Waals surface area contributed by atoms with Gasteiger partial charge in [0.25, 0.3) is 0 Å². The predicted molar refractivity (Wildman–Crippen MR) is 53.3 cm³/mol. The Bertz CT molecular complexity index is 182. The Hall–Kier alpha value is -1.10. The van der Waals surface area contributed by atoms with Crippen molar-refractivity contribution in [3.63, 3.8) is 0 Å². The monoisotopic (exact) mass is 218 g/mol. The third-order valence-corrected chi connectivity index (χ3v) is 1.53. The van der Waals surface area contributed by atoms with E-state index in [-0.39, 0.29) is 11.9 Å². The van der Waals surface area contributed by atoms with Crippen molar-refractivity contribution in [1.29, 1.82) is 0 Å². The first-order chi connectivity index (χ1) is 7.16. The maximum absolute atomic E-state index is 10.1. The van der Waals surface area contributed by atoms with Gasteiger partial charge in [-0.3, -0.25) is 9.59 Å². The average Bonchev–Trinajstić information content (AvgIpc) is 2.65. The van der Waals surface area contributed by atoms with Gasteiger partial charge in [-0.05, 0) is 13.3 Å². The van der Waals surface area contributed by atoms with Crippen LogP contribution in [0.2, 0.25) is 0 Å². The van der Waals surface area contributed by atoms with E-state index < -0.39 is 0 Å². The molecule has 0 aliphatic carbocycles. The molecule has 0 spiro atoms. The second-order valence-corrected chi connectivity index (χ2v) is 2.86. The molecule has 0 radical (unpaired) electrons. The second kappa shape index (κ2) is 9.45.